The van der Waals surface area contributed by atoms with Crippen molar-refractivity contribution in [1.82, 2.24) is 24.5 Å². The van der Waals surface area contributed by atoms with Crippen LogP contribution in [-0.4, -0.2) is 48.3 Å². The third kappa shape index (κ3) is 4.87. The van der Waals surface area contributed by atoms with Crippen LogP contribution >= 0.6 is 34.7 Å². The summed E-state index contributed by atoms with van der Waals surface area (Å²) in [6.07, 6.45) is 9.57. The molecule has 0 unspecified atom stereocenters. The maximum atomic E-state index is 13.1. The van der Waals surface area contributed by atoms with Crippen LogP contribution in [0.4, 0.5) is 5.82 Å². The fourth-order valence-corrected chi connectivity index (χ4v) is 7.41. The first-order chi connectivity index (χ1) is 17.7. The minimum atomic E-state index is -1.05. The van der Waals surface area contributed by atoms with E-state index in [2.05, 4.69) is 19.9 Å². The predicted molar refractivity (Wildman–Crippen MR) is 147 cm³/mol. The van der Waals surface area contributed by atoms with Crippen LogP contribution in [-0.2, 0) is 19.4 Å². The Balaban J connectivity index is 1.16. The van der Waals surface area contributed by atoms with Crippen LogP contribution in [0.2, 0.25) is 5.02 Å². The Labute approximate surface area is 227 Å². The number of anilines is 1. The predicted octanol–water partition coefficient (Wildman–Crippen LogP) is 4.60. The number of benzene rings is 1. The molecule has 0 bridgehead atoms. The first-order valence-corrected chi connectivity index (χ1v) is 14.3. The van der Waals surface area contributed by atoms with Gasteiger partial charge in [-0.15, -0.1) is 11.3 Å². The fourth-order valence-electron chi connectivity index (χ4n) is 5.34. The van der Waals surface area contributed by atoms with E-state index in [-0.39, 0.29) is 12.1 Å². The van der Waals surface area contributed by atoms with E-state index in [1.54, 1.807) is 37.4 Å². The average molecular weight is 555 g/mol. The van der Waals surface area contributed by atoms with E-state index in [4.69, 9.17) is 16.6 Å². The number of halogens is 1. The number of thiazole rings is 1. The molecule has 1 spiro atoms. The summed E-state index contributed by atoms with van der Waals surface area (Å²) in [6, 6.07) is 3.62. The molecule has 1 aliphatic carbocycles. The van der Waals surface area contributed by atoms with Gasteiger partial charge >= 0.3 is 0 Å². The zero-order chi connectivity index (χ0) is 25.8. The Morgan fingerprint density at radius 2 is 1.95 bits per heavy atom. The molecule has 2 aliphatic rings. The SMILES string of the molecule is CC(C)(O)Cn1cnc2ccc(Sc3cnc(N4CCC5(CC4)Cc4ncsc4C5)cn3)c(Cl)c2c1=O. The normalized spacial score (nSPS) is 17.0. The molecule has 0 amide bonds. The molecular formula is C26H27ClN6O2S2. The van der Waals surface area contributed by atoms with Gasteiger partial charge < -0.3 is 10.0 Å². The van der Waals surface area contributed by atoms with Gasteiger partial charge in [0.15, 0.2) is 0 Å². The number of aliphatic hydroxyl groups is 1. The van der Waals surface area contributed by atoms with E-state index in [0.717, 1.165) is 44.6 Å². The molecule has 0 atom stereocenters. The molecule has 0 radical (unpaired) electrons. The van der Waals surface area contributed by atoms with Gasteiger partial charge in [-0.3, -0.25) is 9.36 Å². The summed E-state index contributed by atoms with van der Waals surface area (Å²) >= 11 is 9.84. The van der Waals surface area contributed by atoms with E-state index in [1.807, 2.05) is 17.8 Å². The number of piperidine rings is 1. The Morgan fingerprint density at radius 1 is 1.14 bits per heavy atom. The van der Waals surface area contributed by atoms with Crippen LogP contribution in [0.15, 0.2) is 51.1 Å². The third-order valence-corrected chi connectivity index (χ3v) is 9.59. The minimum Gasteiger partial charge on any atom is -0.389 e. The number of hydrogen-bond acceptors (Lipinski definition) is 9. The third-order valence-electron chi connectivity index (χ3n) is 7.23. The second-order valence-electron chi connectivity index (χ2n) is 10.6. The van der Waals surface area contributed by atoms with Crippen LogP contribution in [0.3, 0.4) is 0 Å². The van der Waals surface area contributed by atoms with Gasteiger partial charge in [-0.1, -0.05) is 23.4 Å². The molecule has 0 saturated carbocycles. The number of nitrogens with zero attached hydrogens (tertiary/aromatic N) is 6. The Hall–Kier alpha value is -2.53. The minimum absolute atomic E-state index is 0.124. The van der Waals surface area contributed by atoms with Crippen LogP contribution in [0, 0.1) is 5.41 Å². The molecule has 4 heterocycles. The molecular weight excluding hydrogens is 528 g/mol. The maximum absolute atomic E-state index is 13.1. The molecule has 37 heavy (non-hydrogen) atoms. The number of fused-ring (bicyclic) bond motifs is 2. The van der Waals surface area contributed by atoms with Gasteiger partial charge in [0.1, 0.15) is 10.8 Å². The lowest BCUT2D eigenvalue weighted by molar-refractivity contribution is 0.0603. The number of rotatable bonds is 5. The van der Waals surface area contributed by atoms with Crippen molar-refractivity contribution in [3.05, 3.63) is 62.3 Å². The van der Waals surface area contributed by atoms with Gasteiger partial charge in [-0.2, -0.15) is 0 Å². The zero-order valence-corrected chi connectivity index (χ0v) is 23.0. The van der Waals surface area contributed by atoms with Crippen LogP contribution < -0.4 is 10.5 Å². The highest BCUT2D eigenvalue weighted by molar-refractivity contribution is 7.99. The Bertz CT molecular complexity index is 1500. The van der Waals surface area contributed by atoms with Gasteiger partial charge in [0, 0.05) is 22.9 Å². The van der Waals surface area contributed by atoms with Crippen molar-refractivity contribution in [3.63, 3.8) is 0 Å². The van der Waals surface area contributed by atoms with Crippen molar-refractivity contribution in [2.75, 3.05) is 18.0 Å². The van der Waals surface area contributed by atoms with E-state index in [1.165, 1.54) is 33.2 Å². The molecule has 1 saturated heterocycles. The lowest BCUT2D eigenvalue weighted by Gasteiger charge is -2.39. The van der Waals surface area contributed by atoms with E-state index in [9.17, 15) is 9.90 Å². The zero-order valence-electron chi connectivity index (χ0n) is 20.6. The first-order valence-electron chi connectivity index (χ1n) is 12.3. The molecule has 4 aromatic rings. The Morgan fingerprint density at radius 3 is 2.65 bits per heavy atom. The highest BCUT2D eigenvalue weighted by Gasteiger charge is 2.41. The van der Waals surface area contributed by atoms with Gasteiger partial charge in [0.2, 0.25) is 0 Å². The molecule has 6 rings (SSSR count). The molecule has 1 aromatic carbocycles. The van der Waals surface area contributed by atoms with Crippen molar-refractivity contribution in [2.45, 2.75) is 61.6 Å². The largest absolute Gasteiger partial charge is 0.389 e. The molecule has 192 valence electrons. The summed E-state index contributed by atoms with van der Waals surface area (Å²) in [6.45, 7) is 5.35. The summed E-state index contributed by atoms with van der Waals surface area (Å²) in [5.41, 5.74) is 2.82. The summed E-state index contributed by atoms with van der Waals surface area (Å²) < 4.78 is 1.39. The fraction of sp³-hybridized carbons (Fsp3) is 0.423. The second-order valence-corrected chi connectivity index (χ2v) is 13.0. The van der Waals surface area contributed by atoms with Gasteiger partial charge in [-0.05, 0) is 57.1 Å². The second kappa shape index (κ2) is 9.34. The lowest BCUT2D eigenvalue weighted by atomic mass is 9.76. The topological polar surface area (TPSA) is 97.0 Å². The highest BCUT2D eigenvalue weighted by Crippen LogP contribution is 2.46. The quantitative estimate of drug-likeness (QED) is 0.382. The summed E-state index contributed by atoms with van der Waals surface area (Å²) in [7, 11) is 0. The monoisotopic (exact) mass is 554 g/mol. The molecule has 1 N–H and O–H groups in total. The van der Waals surface area contributed by atoms with Crippen LogP contribution in [0.25, 0.3) is 10.9 Å². The van der Waals surface area contributed by atoms with Crippen molar-refractivity contribution in [1.29, 1.82) is 0 Å². The number of aromatic nitrogens is 5. The Kier molecular flexibility index (Phi) is 6.26. The molecule has 1 fully saturated rings. The van der Waals surface area contributed by atoms with Gasteiger partial charge in [-0.25, -0.2) is 19.9 Å². The smallest absolute Gasteiger partial charge is 0.262 e. The van der Waals surface area contributed by atoms with E-state index >= 15 is 0 Å². The summed E-state index contributed by atoms with van der Waals surface area (Å²) in [5.74, 6) is 0.883. The number of hydrogen-bond donors (Lipinski definition) is 1. The van der Waals surface area contributed by atoms with Crippen molar-refractivity contribution in [2.24, 2.45) is 5.41 Å². The molecule has 3 aromatic heterocycles. The molecule has 11 heteroatoms. The van der Waals surface area contributed by atoms with Crippen LogP contribution in [0.1, 0.15) is 37.3 Å². The van der Waals surface area contributed by atoms with Crippen molar-refractivity contribution in [3.8, 4) is 0 Å². The standard InChI is InChI=1S/C26H27ClN6O2S2/c1-25(2,35)13-33-14-30-16-3-4-18(23(27)22(16)24(33)34)37-21-12-28-20(11-29-21)32-7-5-26(6-8-32)9-17-19(10-26)36-15-31-17/h3-4,11-12,14-15,35H,5-10,13H2,1-2H3. The molecule has 1 aliphatic heterocycles. The lowest BCUT2D eigenvalue weighted by Crippen LogP contribution is -2.41. The maximum Gasteiger partial charge on any atom is 0.262 e. The highest BCUT2D eigenvalue weighted by atomic mass is 35.5. The first kappa shape index (κ1) is 24.8. The average Bonchev–Trinajstić information content (AvgIpc) is 3.42. The van der Waals surface area contributed by atoms with Gasteiger partial charge in [0.05, 0.1) is 58.0 Å². The summed E-state index contributed by atoms with van der Waals surface area (Å²) in [4.78, 5) is 35.8. The van der Waals surface area contributed by atoms with E-state index in [0.29, 0.717) is 31.3 Å². The van der Waals surface area contributed by atoms with E-state index < -0.39 is 5.60 Å². The van der Waals surface area contributed by atoms with Crippen LogP contribution in [0.5, 0.6) is 0 Å². The van der Waals surface area contributed by atoms with Crippen molar-refractivity contribution < 1.29 is 5.11 Å². The summed E-state index contributed by atoms with van der Waals surface area (Å²) in [5, 5.41) is 11.5. The van der Waals surface area contributed by atoms with Crippen molar-refractivity contribution >= 4 is 51.4 Å². The van der Waals surface area contributed by atoms with Gasteiger partial charge in [0.25, 0.3) is 5.56 Å². The molecule has 8 nitrogen and oxygen atoms in total.